The normalized spacial score (nSPS) is 21.7. The van der Waals surface area contributed by atoms with E-state index in [9.17, 15) is 9.59 Å². The van der Waals surface area contributed by atoms with Gasteiger partial charge < -0.3 is 29.7 Å². The molecule has 0 fully saturated rings. The van der Waals surface area contributed by atoms with Crippen LogP contribution in [0.25, 0.3) is 0 Å². The third-order valence-electron chi connectivity index (χ3n) is 6.34. The van der Waals surface area contributed by atoms with Crippen LogP contribution in [0.4, 0.5) is 16.2 Å². The van der Waals surface area contributed by atoms with Crippen LogP contribution < -0.4 is 20.1 Å². The molecule has 0 saturated heterocycles. The number of fused-ring (bicyclic) bond motifs is 1. The maximum absolute atomic E-state index is 13.4. The van der Waals surface area contributed by atoms with Crippen molar-refractivity contribution in [1.82, 2.24) is 9.80 Å². The zero-order valence-electron chi connectivity index (χ0n) is 21.3. The summed E-state index contributed by atoms with van der Waals surface area (Å²) in [5.41, 5.74) is 1.44. The van der Waals surface area contributed by atoms with Gasteiger partial charge >= 0.3 is 6.03 Å². The predicted octanol–water partition coefficient (Wildman–Crippen LogP) is 3.78. The number of anilines is 2. The van der Waals surface area contributed by atoms with Crippen molar-refractivity contribution in [2.24, 2.45) is 5.92 Å². The predicted molar refractivity (Wildman–Crippen MR) is 137 cm³/mol. The molecular formula is C26H36N4O5. The van der Waals surface area contributed by atoms with Gasteiger partial charge in [-0.25, -0.2) is 4.79 Å². The highest BCUT2D eigenvalue weighted by Gasteiger charge is 2.27. The molecule has 0 radical (unpaired) electrons. The van der Waals surface area contributed by atoms with Crippen LogP contribution in [-0.2, 0) is 4.74 Å². The van der Waals surface area contributed by atoms with Crippen LogP contribution in [0.1, 0.15) is 24.2 Å². The van der Waals surface area contributed by atoms with Gasteiger partial charge in [-0.3, -0.25) is 9.69 Å². The molecule has 2 N–H and O–H groups in total. The van der Waals surface area contributed by atoms with Crippen molar-refractivity contribution in [2.45, 2.75) is 26.0 Å². The number of nitrogens with one attached hydrogen (secondary N) is 2. The first-order valence-electron chi connectivity index (χ1n) is 11.7. The Morgan fingerprint density at radius 1 is 1.03 bits per heavy atom. The summed E-state index contributed by atoms with van der Waals surface area (Å²) in [4.78, 5) is 29.9. The smallest absolute Gasteiger partial charge is 0.323 e. The Bertz CT molecular complexity index is 1030. The minimum Gasteiger partial charge on any atom is -0.497 e. The van der Waals surface area contributed by atoms with Crippen LogP contribution >= 0.6 is 0 Å². The second kappa shape index (κ2) is 11.9. The summed E-state index contributed by atoms with van der Waals surface area (Å²) in [6.45, 7) is 5.90. The lowest BCUT2D eigenvalue weighted by Gasteiger charge is -2.34. The van der Waals surface area contributed by atoms with Gasteiger partial charge in [0.1, 0.15) is 18.1 Å². The number of likely N-dealkylation sites (N-methyl/N-ethyl adjacent to an activating group) is 2. The molecule has 0 bridgehead atoms. The molecule has 0 spiro atoms. The monoisotopic (exact) mass is 484 g/mol. The zero-order chi connectivity index (χ0) is 25.5. The first kappa shape index (κ1) is 26.3. The minimum absolute atomic E-state index is 0.114. The van der Waals surface area contributed by atoms with E-state index in [1.54, 1.807) is 68.6 Å². The lowest BCUT2D eigenvalue weighted by atomic mass is 10.0. The van der Waals surface area contributed by atoms with E-state index in [1.807, 2.05) is 0 Å². The number of carbonyl (C=O) groups excluding carboxylic acids is 2. The maximum atomic E-state index is 13.4. The zero-order valence-corrected chi connectivity index (χ0v) is 21.3. The molecule has 0 aromatic heterocycles. The molecule has 9 heteroatoms. The molecule has 1 heterocycles. The molecule has 3 amide bonds. The van der Waals surface area contributed by atoms with Crippen molar-refractivity contribution in [1.29, 1.82) is 0 Å². The Morgan fingerprint density at radius 2 is 1.74 bits per heavy atom. The Kier molecular flexibility index (Phi) is 8.95. The number of benzene rings is 2. The first-order chi connectivity index (χ1) is 16.7. The molecule has 190 valence electrons. The maximum Gasteiger partial charge on any atom is 0.323 e. The number of hydrogen-bond acceptors (Lipinski definition) is 6. The second-order valence-electron chi connectivity index (χ2n) is 9.06. The summed E-state index contributed by atoms with van der Waals surface area (Å²) in [5, 5.41) is 5.56. The molecule has 0 saturated carbocycles. The number of ether oxygens (including phenoxy) is 3. The van der Waals surface area contributed by atoms with E-state index >= 15 is 0 Å². The van der Waals surface area contributed by atoms with Gasteiger partial charge in [0.2, 0.25) is 0 Å². The van der Waals surface area contributed by atoms with E-state index in [2.05, 4.69) is 36.4 Å². The van der Waals surface area contributed by atoms with Crippen LogP contribution in [0.2, 0.25) is 0 Å². The fraction of sp³-hybridized carbons (Fsp3) is 0.462. The summed E-state index contributed by atoms with van der Waals surface area (Å²) >= 11 is 0. The highest BCUT2D eigenvalue weighted by Crippen LogP contribution is 2.26. The Labute approximate surface area is 207 Å². The van der Waals surface area contributed by atoms with Crippen molar-refractivity contribution < 1.29 is 23.8 Å². The van der Waals surface area contributed by atoms with Crippen molar-refractivity contribution in [3.8, 4) is 11.5 Å². The molecule has 3 rings (SSSR count). The largest absolute Gasteiger partial charge is 0.497 e. The second-order valence-corrected chi connectivity index (χ2v) is 9.06. The van der Waals surface area contributed by atoms with Crippen LogP contribution in [0, 0.1) is 5.92 Å². The summed E-state index contributed by atoms with van der Waals surface area (Å²) in [5.74, 6) is 1.13. The van der Waals surface area contributed by atoms with Crippen molar-refractivity contribution >= 4 is 23.3 Å². The average molecular weight is 485 g/mol. The number of rotatable bonds is 4. The van der Waals surface area contributed by atoms with Gasteiger partial charge in [-0.1, -0.05) is 13.0 Å². The number of carbonyl (C=O) groups is 2. The number of amides is 3. The lowest BCUT2D eigenvalue weighted by Crippen LogP contribution is -2.45. The Balaban J connectivity index is 1.83. The quantitative estimate of drug-likeness (QED) is 0.686. The van der Waals surface area contributed by atoms with E-state index in [0.29, 0.717) is 41.6 Å². The summed E-state index contributed by atoms with van der Waals surface area (Å²) in [6, 6.07) is 11.9. The molecule has 35 heavy (non-hydrogen) atoms. The Hall–Kier alpha value is -3.30. The van der Waals surface area contributed by atoms with Gasteiger partial charge in [0.25, 0.3) is 5.91 Å². The van der Waals surface area contributed by atoms with E-state index in [1.165, 1.54) is 0 Å². The molecule has 1 aliphatic heterocycles. The number of urea groups is 1. The number of nitrogens with zero attached hydrogens (tertiary/aromatic N) is 2. The van der Waals surface area contributed by atoms with Gasteiger partial charge in [0, 0.05) is 50.7 Å². The van der Waals surface area contributed by atoms with Crippen molar-refractivity contribution in [3.63, 3.8) is 0 Å². The van der Waals surface area contributed by atoms with E-state index in [0.717, 1.165) is 6.54 Å². The minimum atomic E-state index is -0.434. The van der Waals surface area contributed by atoms with E-state index < -0.39 is 6.03 Å². The fourth-order valence-electron chi connectivity index (χ4n) is 4.03. The van der Waals surface area contributed by atoms with Crippen molar-refractivity contribution in [2.75, 3.05) is 58.6 Å². The standard InChI is InChI=1S/C26H36N4O5/c1-17-14-29(3)18(2)16-35-23-11-10-20(13-22(23)25(31)30(4)15-24(17)34-6)28-26(32)27-19-8-7-9-21(12-19)33-5/h7-13,17-18,24H,14-16H2,1-6H3,(H2,27,28,32)/t17-,18-,24+/m0/s1. The SMILES string of the molecule is COc1cccc(NC(=O)Nc2ccc3c(c2)C(=O)N(C)C[C@@H](OC)[C@@H](C)CN(C)[C@@H](C)CO3)c1. The van der Waals surface area contributed by atoms with Crippen LogP contribution in [0.5, 0.6) is 11.5 Å². The van der Waals surface area contributed by atoms with Crippen LogP contribution in [0.15, 0.2) is 42.5 Å². The summed E-state index contributed by atoms with van der Waals surface area (Å²) in [7, 11) is 7.05. The highest BCUT2D eigenvalue weighted by molar-refractivity contribution is 6.02. The number of methoxy groups -OCH3 is 2. The lowest BCUT2D eigenvalue weighted by molar-refractivity contribution is 0.0150. The molecule has 2 aromatic rings. The van der Waals surface area contributed by atoms with Crippen LogP contribution in [-0.4, -0.2) is 81.9 Å². The third-order valence-corrected chi connectivity index (χ3v) is 6.34. The van der Waals surface area contributed by atoms with E-state index in [4.69, 9.17) is 14.2 Å². The van der Waals surface area contributed by atoms with E-state index in [-0.39, 0.29) is 24.0 Å². The molecule has 3 atom stereocenters. The summed E-state index contributed by atoms with van der Waals surface area (Å²) in [6.07, 6.45) is -0.114. The summed E-state index contributed by atoms with van der Waals surface area (Å²) < 4.78 is 17.0. The molecule has 9 nitrogen and oxygen atoms in total. The number of hydrogen-bond donors (Lipinski definition) is 2. The first-order valence-corrected chi connectivity index (χ1v) is 11.7. The molecular weight excluding hydrogens is 448 g/mol. The molecule has 1 aliphatic rings. The van der Waals surface area contributed by atoms with Gasteiger partial charge in [-0.15, -0.1) is 0 Å². The van der Waals surface area contributed by atoms with Gasteiger partial charge in [-0.05, 0) is 50.2 Å². The average Bonchev–Trinajstić information content (AvgIpc) is 2.84. The molecule has 0 unspecified atom stereocenters. The van der Waals surface area contributed by atoms with Gasteiger partial charge in [0.15, 0.2) is 0 Å². The molecule has 0 aliphatic carbocycles. The van der Waals surface area contributed by atoms with Crippen LogP contribution in [0.3, 0.4) is 0 Å². The van der Waals surface area contributed by atoms with Crippen molar-refractivity contribution in [3.05, 3.63) is 48.0 Å². The fourth-order valence-corrected chi connectivity index (χ4v) is 4.03. The third kappa shape index (κ3) is 6.86. The Morgan fingerprint density at radius 3 is 2.43 bits per heavy atom. The van der Waals surface area contributed by atoms with Gasteiger partial charge in [-0.2, -0.15) is 0 Å². The molecule has 2 aromatic carbocycles. The highest BCUT2D eigenvalue weighted by atomic mass is 16.5. The topological polar surface area (TPSA) is 92.4 Å². The van der Waals surface area contributed by atoms with Gasteiger partial charge in [0.05, 0.1) is 18.8 Å².